The maximum absolute atomic E-state index is 11.2. The maximum atomic E-state index is 11.2. The molecule has 0 aliphatic heterocycles. The summed E-state index contributed by atoms with van der Waals surface area (Å²) in [5.41, 5.74) is 2.56. The molecule has 2 rings (SSSR count). The van der Waals surface area contributed by atoms with Crippen molar-refractivity contribution in [3.8, 4) is 0 Å². The lowest BCUT2D eigenvalue weighted by Gasteiger charge is -2.17. The molecule has 0 aromatic carbocycles. The van der Waals surface area contributed by atoms with Gasteiger partial charge in [0.2, 0.25) is 0 Å². The molecule has 1 heterocycles. The first-order chi connectivity index (χ1) is 8.22. The van der Waals surface area contributed by atoms with Crippen molar-refractivity contribution in [1.29, 1.82) is 0 Å². The number of carbonyl (C=O) groups is 1. The average Bonchev–Trinajstić information content (AvgIpc) is 2.90. The van der Waals surface area contributed by atoms with Gasteiger partial charge in [0.15, 0.2) is 6.29 Å². The number of aryl methyl sites for hydroxylation is 1. The zero-order chi connectivity index (χ0) is 12.4. The average molecular weight is 236 g/mol. The van der Waals surface area contributed by atoms with Gasteiger partial charge in [0, 0.05) is 5.69 Å². The fourth-order valence-electron chi connectivity index (χ4n) is 2.76. The van der Waals surface area contributed by atoms with Crippen LogP contribution in [-0.4, -0.2) is 27.3 Å². The minimum absolute atomic E-state index is 0.0592. The van der Waals surface area contributed by atoms with E-state index < -0.39 is 0 Å². The van der Waals surface area contributed by atoms with Gasteiger partial charge in [-0.05, 0) is 32.1 Å². The van der Waals surface area contributed by atoms with E-state index in [9.17, 15) is 9.90 Å². The second-order valence-electron chi connectivity index (χ2n) is 4.64. The molecule has 2 unspecified atom stereocenters. The summed E-state index contributed by atoms with van der Waals surface area (Å²) in [7, 11) is 0. The Kier molecular flexibility index (Phi) is 3.62. The molecule has 0 spiro atoms. The van der Waals surface area contributed by atoms with Crippen LogP contribution in [0.4, 0.5) is 0 Å². The van der Waals surface area contributed by atoms with Crippen molar-refractivity contribution in [2.75, 3.05) is 0 Å². The van der Waals surface area contributed by atoms with Crippen LogP contribution in [0.25, 0.3) is 0 Å². The van der Waals surface area contributed by atoms with Gasteiger partial charge in [-0.15, -0.1) is 0 Å². The van der Waals surface area contributed by atoms with Gasteiger partial charge < -0.3 is 5.11 Å². The first kappa shape index (κ1) is 12.3. The third-order valence-corrected chi connectivity index (χ3v) is 3.67. The van der Waals surface area contributed by atoms with Gasteiger partial charge in [-0.2, -0.15) is 5.10 Å². The molecule has 0 saturated heterocycles. The molecule has 1 N–H and O–H groups in total. The van der Waals surface area contributed by atoms with Crippen LogP contribution in [0.5, 0.6) is 0 Å². The lowest BCUT2D eigenvalue weighted by atomic mass is 10.1. The second kappa shape index (κ2) is 5.00. The van der Waals surface area contributed by atoms with Crippen LogP contribution in [0.3, 0.4) is 0 Å². The summed E-state index contributed by atoms with van der Waals surface area (Å²) in [5.74, 6) is 0. The number of aldehydes is 1. The van der Waals surface area contributed by atoms with Crippen LogP contribution in [-0.2, 0) is 12.8 Å². The van der Waals surface area contributed by atoms with Crippen LogP contribution < -0.4 is 0 Å². The van der Waals surface area contributed by atoms with E-state index in [1.807, 2.05) is 18.5 Å². The molecular formula is C13H20N2O2. The molecule has 0 bridgehead atoms. The number of rotatable bonds is 4. The third-order valence-electron chi connectivity index (χ3n) is 3.67. The van der Waals surface area contributed by atoms with E-state index in [1.165, 1.54) is 0 Å². The summed E-state index contributed by atoms with van der Waals surface area (Å²) >= 11 is 0. The largest absolute Gasteiger partial charge is 0.391 e. The highest BCUT2D eigenvalue weighted by molar-refractivity contribution is 5.78. The number of carbonyl (C=O) groups excluding carboxylic acids is 1. The Morgan fingerprint density at radius 3 is 2.65 bits per heavy atom. The standard InChI is InChI=1S/C13H20N2O2/c1-3-10-9(8-16)11(4-2)15(14-10)12-6-5-7-13(12)17/h8,12-13,17H,3-7H2,1-2H3. The van der Waals surface area contributed by atoms with Crippen molar-refractivity contribution in [3.63, 3.8) is 0 Å². The Balaban J connectivity index is 2.45. The molecule has 4 nitrogen and oxygen atoms in total. The SMILES string of the molecule is CCc1nn(C2CCCC2O)c(CC)c1C=O. The smallest absolute Gasteiger partial charge is 0.153 e. The number of hydrogen-bond donors (Lipinski definition) is 1. The van der Waals surface area contributed by atoms with Crippen molar-refractivity contribution in [1.82, 2.24) is 9.78 Å². The Hall–Kier alpha value is -1.16. The maximum Gasteiger partial charge on any atom is 0.153 e. The minimum Gasteiger partial charge on any atom is -0.391 e. The van der Waals surface area contributed by atoms with Crippen molar-refractivity contribution < 1.29 is 9.90 Å². The quantitative estimate of drug-likeness (QED) is 0.812. The van der Waals surface area contributed by atoms with Gasteiger partial charge in [0.25, 0.3) is 0 Å². The lowest BCUT2D eigenvalue weighted by molar-refractivity contribution is 0.111. The highest BCUT2D eigenvalue weighted by atomic mass is 16.3. The molecule has 1 saturated carbocycles. The number of aliphatic hydroxyl groups excluding tert-OH is 1. The zero-order valence-electron chi connectivity index (χ0n) is 10.5. The molecule has 4 heteroatoms. The van der Waals surface area contributed by atoms with E-state index in [0.29, 0.717) is 0 Å². The monoisotopic (exact) mass is 236 g/mol. The summed E-state index contributed by atoms with van der Waals surface area (Å²) in [6, 6.07) is 0.0592. The molecular weight excluding hydrogens is 216 g/mol. The summed E-state index contributed by atoms with van der Waals surface area (Å²) in [4.78, 5) is 11.2. The summed E-state index contributed by atoms with van der Waals surface area (Å²) in [6.07, 6.45) is 4.96. The van der Waals surface area contributed by atoms with E-state index in [-0.39, 0.29) is 12.1 Å². The van der Waals surface area contributed by atoms with E-state index in [0.717, 1.165) is 55.3 Å². The number of nitrogens with zero attached hydrogens (tertiary/aromatic N) is 2. The second-order valence-corrected chi connectivity index (χ2v) is 4.64. The van der Waals surface area contributed by atoms with Gasteiger partial charge in [-0.3, -0.25) is 9.48 Å². The van der Waals surface area contributed by atoms with Gasteiger partial charge in [0.05, 0.1) is 23.4 Å². The van der Waals surface area contributed by atoms with Gasteiger partial charge >= 0.3 is 0 Å². The van der Waals surface area contributed by atoms with E-state index >= 15 is 0 Å². The molecule has 1 fully saturated rings. The molecule has 0 amide bonds. The van der Waals surface area contributed by atoms with E-state index in [4.69, 9.17) is 0 Å². The fourth-order valence-corrected chi connectivity index (χ4v) is 2.76. The molecule has 1 aliphatic rings. The zero-order valence-corrected chi connectivity index (χ0v) is 10.5. The van der Waals surface area contributed by atoms with Gasteiger partial charge in [-0.25, -0.2) is 0 Å². The highest BCUT2D eigenvalue weighted by Crippen LogP contribution is 2.32. The van der Waals surface area contributed by atoms with Gasteiger partial charge in [-0.1, -0.05) is 13.8 Å². The molecule has 94 valence electrons. The van der Waals surface area contributed by atoms with Crippen LogP contribution in [0, 0.1) is 0 Å². The normalized spacial score (nSPS) is 24.2. The van der Waals surface area contributed by atoms with E-state index in [1.54, 1.807) is 0 Å². The Morgan fingerprint density at radius 2 is 2.18 bits per heavy atom. The van der Waals surface area contributed by atoms with E-state index in [2.05, 4.69) is 5.10 Å². The predicted molar refractivity (Wildman–Crippen MR) is 65.3 cm³/mol. The number of aliphatic hydroxyl groups is 1. The molecule has 1 aromatic heterocycles. The molecule has 1 aromatic rings. The van der Waals surface area contributed by atoms with Crippen LogP contribution in [0.1, 0.15) is 60.9 Å². The molecule has 2 atom stereocenters. The Labute approximate surface area is 102 Å². The van der Waals surface area contributed by atoms with Crippen molar-refractivity contribution in [3.05, 3.63) is 17.0 Å². The minimum atomic E-state index is -0.315. The fraction of sp³-hybridized carbons (Fsp3) is 0.692. The molecule has 17 heavy (non-hydrogen) atoms. The Bertz CT molecular complexity index is 412. The third kappa shape index (κ3) is 2.02. The summed E-state index contributed by atoms with van der Waals surface area (Å²) in [5, 5.41) is 14.5. The van der Waals surface area contributed by atoms with Crippen molar-refractivity contribution in [2.24, 2.45) is 0 Å². The number of aromatic nitrogens is 2. The molecule has 1 aliphatic carbocycles. The van der Waals surface area contributed by atoms with Crippen LogP contribution in [0.15, 0.2) is 0 Å². The first-order valence-electron chi connectivity index (χ1n) is 6.46. The summed E-state index contributed by atoms with van der Waals surface area (Å²) < 4.78 is 1.90. The number of hydrogen-bond acceptors (Lipinski definition) is 3. The Morgan fingerprint density at radius 1 is 1.41 bits per heavy atom. The topological polar surface area (TPSA) is 55.1 Å². The molecule has 0 radical (unpaired) electrons. The van der Waals surface area contributed by atoms with Crippen LogP contribution in [0.2, 0.25) is 0 Å². The van der Waals surface area contributed by atoms with Crippen LogP contribution >= 0.6 is 0 Å². The highest BCUT2D eigenvalue weighted by Gasteiger charge is 2.30. The van der Waals surface area contributed by atoms with Gasteiger partial charge in [0.1, 0.15) is 0 Å². The summed E-state index contributed by atoms with van der Waals surface area (Å²) in [6.45, 7) is 4.03. The first-order valence-corrected chi connectivity index (χ1v) is 6.46. The van der Waals surface area contributed by atoms with Crippen molar-refractivity contribution >= 4 is 6.29 Å². The van der Waals surface area contributed by atoms with Crippen molar-refractivity contribution in [2.45, 2.75) is 58.1 Å². The predicted octanol–water partition coefficient (Wildman–Crippen LogP) is 1.91. The lowest BCUT2D eigenvalue weighted by Crippen LogP contribution is -2.21.